The number of carbonyl (C=O) groups is 1. The molecule has 29 heavy (non-hydrogen) atoms. The lowest BCUT2D eigenvalue weighted by Gasteiger charge is -2.29. The first-order chi connectivity index (χ1) is 14.2. The fraction of sp³-hybridized carbons (Fsp3) is 0.120. The van der Waals surface area contributed by atoms with Gasteiger partial charge >= 0.3 is 0 Å². The molecule has 2 heterocycles. The third kappa shape index (κ3) is 2.76. The number of fused-ring (bicyclic) bond motifs is 2. The Hall–Kier alpha value is -3.66. The summed E-state index contributed by atoms with van der Waals surface area (Å²) in [5.41, 5.74) is 3.27. The van der Waals surface area contributed by atoms with Crippen molar-refractivity contribution in [3.05, 3.63) is 102 Å². The van der Waals surface area contributed by atoms with Crippen molar-refractivity contribution in [2.45, 2.75) is 12.0 Å². The minimum atomic E-state index is -0.881. The van der Waals surface area contributed by atoms with Crippen molar-refractivity contribution in [3.63, 3.8) is 0 Å². The molecular formula is C25H20N2O2. The van der Waals surface area contributed by atoms with Crippen LogP contribution in [0.1, 0.15) is 21.6 Å². The van der Waals surface area contributed by atoms with E-state index in [2.05, 4.69) is 5.32 Å². The summed E-state index contributed by atoms with van der Waals surface area (Å²) in [6.07, 6.45) is 0.443. The van der Waals surface area contributed by atoms with E-state index in [1.54, 1.807) is 7.11 Å². The molecule has 0 radical (unpaired) electrons. The Morgan fingerprint density at radius 1 is 0.897 bits per heavy atom. The summed E-state index contributed by atoms with van der Waals surface area (Å²) >= 11 is 0. The summed E-state index contributed by atoms with van der Waals surface area (Å²) in [6.45, 7) is 0. The van der Waals surface area contributed by atoms with Gasteiger partial charge in [0.05, 0.1) is 7.11 Å². The Morgan fingerprint density at radius 3 is 2.48 bits per heavy atom. The number of pyridine rings is 1. The minimum Gasteiger partial charge on any atom is -0.494 e. The second-order valence-corrected chi connectivity index (χ2v) is 7.28. The number of nitrogens with zero attached hydrogens (tertiary/aromatic N) is 1. The number of anilines is 1. The summed E-state index contributed by atoms with van der Waals surface area (Å²) in [5, 5.41) is 4.53. The normalized spacial score (nSPS) is 17.8. The first kappa shape index (κ1) is 17.4. The number of nitrogens with one attached hydrogen (secondary N) is 1. The number of ketones is 1. The Bertz CT molecular complexity index is 1220. The number of hydrogen-bond donors (Lipinski definition) is 1. The molecule has 1 aliphatic heterocycles. The molecule has 5 rings (SSSR count). The highest BCUT2D eigenvalue weighted by molar-refractivity contribution is 6.13. The number of rotatable bonds is 4. The van der Waals surface area contributed by atoms with Crippen LogP contribution in [0.25, 0.3) is 10.9 Å². The maximum Gasteiger partial charge on any atom is 0.195 e. The molecule has 4 nitrogen and oxygen atoms in total. The third-order valence-corrected chi connectivity index (χ3v) is 5.58. The van der Waals surface area contributed by atoms with Crippen molar-refractivity contribution in [1.29, 1.82) is 0 Å². The molecular weight excluding hydrogens is 360 g/mol. The lowest BCUT2D eigenvalue weighted by molar-refractivity contribution is 0.0916. The van der Waals surface area contributed by atoms with E-state index < -0.39 is 5.54 Å². The van der Waals surface area contributed by atoms with Gasteiger partial charge in [-0.15, -0.1) is 0 Å². The van der Waals surface area contributed by atoms with Crippen LogP contribution in [0.15, 0.2) is 84.9 Å². The summed E-state index contributed by atoms with van der Waals surface area (Å²) in [4.78, 5) is 18.5. The van der Waals surface area contributed by atoms with Crippen molar-refractivity contribution in [1.82, 2.24) is 4.98 Å². The van der Waals surface area contributed by atoms with Crippen LogP contribution in [0.3, 0.4) is 0 Å². The van der Waals surface area contributed by atoms with Gasteiger partial charge < -0.3 is 10.1 Å². The molecule has 0 bridgehead atoms. The molecule has 1 aliphatic rings. The number of benzene rings is 3. The fourth-order valence-corrected chi connectivity index (χ4v) is 4.15. The molecule has 0 fully saturated rings. The zero-order valence-corrected chi connectivity index (χ0v) is 16.1. The van der Waals surface area contributed by atoms with Crippen molar-refractivity contribution in [2.24, 2.45) is 0 Å². The Kier molecular flexibility index (Phi) is 4.06. The molecule has 3 aromatic carbocycles. The van der Waals surface area contributed by atoms with E-state index in [9.17, 15) is 4.79 Å². The van der Waals surface area contributed by atoms with Gasteiger partial charge in [-0.1, -0.05) is 60.7 Å². The second kappa shape index (κ2) is 6.74. The number of carbonyl (C=O) groups excluding carboxylic acids is 1. The highest BCUT2D eigenvalue weighted by Crippen LogP contribution is 2.41. The summed E-state index contributed by atoms with van der Waals surface area (Å²) in [5.74, 6) is 0.799. The van der Waals surface area contributed by atoms with Gasteiger partial charge in [0.2, 0.25) is 0 Å². The van der Waals surface area contributed by atoms with Gasteiger partial charge in [0.15, 0.2) is 5.78 Å². The average Bonchev–Trinajstić information content (AvgIpc) is 3.06. The maximum absolute atomic E-state index is 13.6. The van der Waals surface area contributed by atoms with E-state index in [0.29, 0.717) is 6.42 Å². The molecule has 142 valence electrons. The van der Waals surface area contributed by atoms with E-state index in [-0.39, 0.29) is 5.78 Å². The minimum absolute atomic E-state index is 0.0706. The van der Waals surface area contributed by atoms with E-state index in [1.807, 2.05) is 84.9 Å². The molecule has 1 aromatic heterocycles. The summed E-state index contributed by atoms with van der Waals surface area (Å²) < 4.78 is 5.49. The van der Waals surface area contributed by atoms with E-state index in [1.165, 1.54) is 0 Å². The molecule has 0 amide bonds. The predicted octanol–water partition coefficient (Wildman–Crippen LogP) is 4.99. The van der Waals surface area contributed by atoms with Gasteiger partial charge in [0.25, 0.3) is 0 Å². The van der Waals surface area contributed by atoms with Crippen LogP contribution in [0.5, 0.6) is 5.75 Å². The van der Waals surface area contributed by atoms with Crippen molar-refractivity contribution >= 4 is 22.4 Å². The maximum atomic E-state index is 13.6. The van der Waals surface area contributed by atoms with Crippen molar-refractivity contribution < 1.29 is 9.53 Å². The summed E-state index contributed by atoms with van der Waals surface area (Å²) in [6, 6.07) is 27.5. The van der Waals surface area contributed by atoms with Gasteiger partial charge in [-0.05, 0) is 29.8 Å². The molecule has 0 aliphatic carbocycles. The SMILES string of the molecule is COc1cccc2ccc(CC3(c4ccccc4)Nc4ccccc4C3=O)nc12. The number of Topliss-reactive ketones (excluding diaryl/α,β-unsaturated/α-hetero) is 1. The van der Waals surface area contributed by atoms with E-state index >= 15 is 0 Å². The van der Waals surface area contributed by atoms with Gasteiger partial charge in [0.1, 0.15) is 16.8 Å². The van der Waals surface area contributed by atoms with Crippen LogP contribution < -0.4 is 10.1 Å². The van der Waals surface area contributed by atoms with Crippen LogP contribution in [-0.2, 0) is 12.0 Å². The Balaban J connectivity index is 1.65. The van der Waals surface area contributed by atoms with Crippen LogP contribution in [0.2, 0.25) is 0 Å². The third-order valence-electron chi connectivity index (χ3n) is 5.58. The zero-order chi connectivity index (χ0) is 19.8. The van der Waals surface area contributed by atoms with Gasteiger partial charge in [0, 0.05) is 28.8 Å². The number of methoxy groups -OCH3 is 1. The second-order valence-electron chi connectivity index (χ2n) is 7.28. The van der Waals surface area contributed by atoms with Gasteiger partial charge in [-0.3, -0.25) is 4.79 Å². The van der Waals surface area contributed by atoms with E-state index in [0.717, 1.165) is 39.2 Å². The molecule has 4 heteroatoms. The lowest BCUT2D eigenvalue weighted by atomic mass is 9.81. The topological polar surface area (TPSA) is 51.2 Å². The monoisotopic (exact) mass is 380 g/mol. The number of ether oxygens (including phenoxy) is 1. The molecule has 1 N–H and O–H groups in total. The van der Waals surface area contributed by atoms with Gasteiger partial charge in [-0.25, -0.2) is 4.98 Å². The number of hydrogen-bond acceptors (Lipinski definition) is 4. The van der Waals surface area contributed by atoms with Crippen LogP contribution in [-0.4, -0.2) is 17.9 Å². The fourth-order valence-electron chi connectivity index (χ4n) is 4.15. The van der Waals surface area contributed by atoms with E-state index in [4.69, 9.17) is 9.72 Å². The highest BCUT2D eigenvalue weighted by atomic mass is 16.5. The Labute approximate surface area is 169 Å². The standard InChI is InChI=1S/C25H20N2O2/c1-29-22-13-7-8-17-14-15-19(26-23(17)22)16-25(18-9-3-2-4-10-18)24(28)20-11-5-6-12-21(20)27-25/h2-15,27H,16H2,1H3. The smallest absolute Gasteiger partial charge is 0.195 e. The quantitative estimate of drug-likeness (QED) is 0.542. The van der Waals surface area contributed by atoms with Crippen molar-refractivity contribution in [3.8, 4) is 5.75 Å². The summed E-state index contributed by atoms with van der Waals surface area (Å²) in [7, 11) is 1.65. The number of para-hydroxylation sites is 2. The molecule has 1 unspecified atom stereocenters. The van der Waals surface area contributed by atoms with Crippen LogP contribution in [0.4, 0.5) is 5.69 Å². The molecule has 0 saturated heterocycles. The first-order valence-corrected chi connectivity index (χ1v) is 9.61. The largest absolute Gasteiger partial charge is 0.494 e. The first-order valence-electron chi connectivity index (χ1n) is 9.61. The molecule has 0 saturated carbocycles. The molecule has 0 spiro atoms. The van der Waals surface area contributed by atoms with Crippen molar-refractivity contribution in [2.75, 3.05) is 12.4 Å². The highest BCUT2D eigenvalue weighted by Gasteiger charge is 2.46. The average molecular weight is 380 g/mol. The molecule has 1 atom stereocenters. The lowest BCUT2D eigenvalue weighted by Crippen LogP contribution is -2.41. The predicted molar refractivity (Wildman–Crippen MR) is 115 cm³/mol. The Morgan fingerprint density at radius 2 is 1.69 bits per heavy atom. The molecule has 4 aromatic rings. The number of aromatic nitrogens is 1. The van der Waals surface area contributed by atoms with Crippen LogP contribution in [0, 0.1) is 0 Å². The van der Waals surface area contributed by atoms with Gasteiger partial charge in [-0.2, -0.15) is 0 Å². The van der Waals surface area contributed by atoms with Crippen LogP contribution >= 0.6 is 0 Å². The zero-order valence-electron chi connectivity index (χ0n) is 16.1.